The van der Waals surface area contributed by atoms with Crippen molar-refractivity contribution in [3.8, 4) is 11.1 Å². The van der Waals surface area contributed by atoms with Crippen molar-refractivity contribution < 1.29 is 19.4 Å². The van der Waals surface area contributed by atoms with E-state index >= 15 is 0 Å². The first-order chi connectivity index (χ1) is 19.5. The summed E-state index contributed by atoms with van der Waals surface area (Å²) in [4.78, 5) is 26.3. The topological polar surface area (TPSA) is 88.5 Å². The van der Waals surface area contributed by atoms with Crippen molar-refractivity contribution >= 4 is 35.2 Å². The third kappa shape index (κ3) is 8.18. The highest BCUT2D eigenvalue weighted by atomic mass is 32.2. The van der Waals surface area contributed by atoms with Gasteiger partial charge in [0.25, 0.3) is 5.91 Å². The van der Waals surface area contributed by atoms with Crippen molar-refractivity contribution in [2.75, 3.05) is 18.6 Å². The minimum atomic E-state index is -1.02. The highest BCUT2D eigenvalue weighted by molar-refractivity contribution is 7.98. The van der Waals surface area contributed by atoms with Gasteiger partial charge in [-0.1, -0.05) is 62.4 Å². The first-order valence-corrected chi connectivity index (χ1v) is 16.4. The molecule has 0 radical (unpaired) electrons. The fourth-order valence-corrected chi connectivity index (χ4v) is 6.64. The van der Waals surface area contributed by atoms with E-state index < -0.39 is 12.0 Å². The van der Waals surface area contributed by atoms with Crippen LogP contribution in [-0.4, -0.2) is 46.0 Å². The van der Waals surface area contributed by atoms with Gasteiger partial charge in [0, 0.05) is 18.4 Å². The summed E-state index contributed by atoms with van der Waals surface area (Å²) in [7, 11) is 0. The Hall–Kier alpha value is -2.68. The molecule has 40 heavy (non-hydrogen) atoms. The van der Waals surface area contributed by atoms with Gasteiger partial charge in [-0.2, -0.15) is 11.8 Å². The summed E-state index contributed by atoms with van der Waals surface area (Å²) in [6, 6.07) is 14.8. The first kappa shape index (κ1) is 30.3. The molecule has 1 aliphatic rings. The number of hydrogen-bond donors (Lipinski definition) is 2. The maximum Gasteiger partial charge on any atom is 0.326 e. The fourth-order valence-electron chi connectivity index (χ4n) is 5.50. The Bertz CT molecular complexity index is 1240. The van der Waals surface area contributed by atoms with Gasteiger partial charge in [-0.05, 0) is 96.1 Å². The Labute approximate surface area is 246 Å². The van der Waals surface area contributed by atoms with Crippen LogP contribution in [0.25, 0.3) is 11.1 Å². The van der Waals surface area contributed by atoms with Crippen LogP contribution in [-0.2, 0) is 9.53 Å². The molecule has 2 atom stereocenters. The van der Waals surface area contributed by atoms with E-state index in [1.807, 2.05) is 55.6 Å². The lowest BCUT2D eigenvalue weighted by molar-refractivity contribution is -0.139. The van der Waals surface area contributed by atoms with Crippen LogP contribution < -0.4 is 5.32 Å². The van der Waals surface area contributed by atoms with Crippen molar-refractivity contribution in [2.45, 2.75) is 70.4 Å². The number of carbonyl (C=O) groups excluding carboxylic acids is 1. The van der Waals surface area contributed by atoms with E-state index in [1.54, 1.807) is 24.0 Å². The summed E-state index contributed by atoms with van der Waals surface area (Å²) >= 11 is 2.98. The quantitative estimate of drug-likeness (QED) is 0.192. The number of aliphatic carboxylic acids is 1. The predicted octanol–water partition coefficient (Wildman–Crippen LogP) is 7.52. The lowest BCUT2D eigenvalue weighted by Gasteiger charge is -2.23. The highest BCUT2D eigenvalue weighted by Gasteiger charge is 2.25. The second-order valence-electron chi connectivity index (χ2n) is 10.6. The van der Waals surface area contributed by atoms with Crippen molar-refractivity contribution in [3.63, 3.8) is 0 Å². The van der Waals surface area contributed by atoms with Gasteiger partial charge in [0.15, 0.2) is 0 Å². The normalized spacial score (nSPS) is 15.4. The first-order valence-electron chi connectivity index (χ1n) is 14.2. The molecule has 0 aliphatic heterocycles. The van der Waals surface area contributed by atoms with Gasteiger partial charge < -0.3 is 15.2 Å². The number of rotatable bonds is 14. The predicted molar refractivity (Wildman–Crippen MR) is 164 cm³/mol. The molecule has 2 N–H and O–H groups in total. The minimum absolute atomic E-state index is 0.285. The minimum Gasteiger partial charge on any atom is -0.480 e. The van der Waals surface area contributed by atoms with Crippen LogP contribution in [0.2, 0.25) is 0 Å². The van der Waals surface area contributed by atoms with E-state index in [0.29, 0.717) is 24.3 Å². The molecule has 0 bridgehead atoms. The number of nitrogens with zero attached hydrogens (tertiary/aromatic N) is 1. The number of carboxylic acid groups (broad SMARTS) is 1. The van der Waals surface area contributed by atoms with Crippen molar-refractivity contribution in [2.24, 2.45) is 5.92 Å². The Morgan fingerprint density at radius 1 is 1.12 bits per heavy atom. The van der Waals surface area contributed by atoms with Crippen molar-refractivity contribution in [1.82, 2.24) is 9.69 Å². The second kappa shape index (κ2) is 15.4. The summed E-state index contributed by atoms with van der Waals surface area (Å²) in [5.74, 6) is 0.0507. The molecule has 8 heteroatoms. The lowest BCUT2D eigenvalue weighted by Crippen LogP contribution is -2.41. The molecule has 0 saturated heterocycles. The molecule has 214 valence electrons. The van der Waals surface area contributed by atoms with Crippen LogP contribution in [0.1, 0.15) is 83.8 Å². The van der Waals surface area contributed by atoms with E-state index in [4.69, 9.17) is 4.74 Å². The van der Waals surface area contributed by atoms with Crippen LogP contribution in [0.5, 0.6) is 0 Å². The van der Waals surface area contributed by atoms with Gasteiger partial charge in [0.1, 0.15) is 12.1 Å². The van der Waals surface area contributed by atoms with Crippen LogP contribution in [0.4, 0.5) is 0 Å². The SMILES string of the molecule is CSCC[C@H](NC(=O)c1ccc(C(OCCCC2CCCCC2)c2ccns2)cc1-c1ccccc1C)C(=O)O. The van der Waals surface area contributed by atoms with Crippen molar-refractivity contribution in [3.05, 3.63) is 76.3 Å². The number of thioether (sulfide) groups is 1. The zero-order chi connectivity index (χ0) is 28.3. The molecule has 6 nitrogen and oxygen atoms in total. The summed E-state index contributed by atoms with van der Waals surface area (Å²) < 4.78 is 10.8. The van der Waals surface area contributed by atoms with Crippen LogP contribution in [0.3, 0.4) is 0 Å². The Balaban J connectivity index is 1.61. The standard InChI is InChI=1S/C32H40N2O4S2/c1-22-9-6-7-13-25(22)27-21-24(14-15-26(27)31(35)34-28(32(36)37)17-20-39-2)30(29-16-18-33-40-29)38-19-8-12-23-10-4-3-5-11-23/h6-7,9,13-16,18,21,23,28,30H,3-5,8,10-12,17,19-20H2,1-2H3,(H,34,35)(H,36,37)/t28-,30?/m0/s1. The molecule has 1 heterocycles. The summed E-state index contributed by atoms with van der Waals surface area (Å²) in [5, 5.41) is 12.4. The summed E-state index contributed by atoms with van der Waals surface area (Å²) in [6.07, 6.45) is 12.8. The van der Waals surface area contributed by atoms with Gasteiger partial charge in [-0.3, -0.25) is 4.79 Å². The number of carbonyl (C=O) groups is 2. The molecular weight excluding hydrogens is 540 g/mol. The fraction of sp³-hybridized carbons (Fsp3) is 0.469. The zero-order valence-corrected chi connectivity index (χ0v) is 25.1. The van der Waals surface area contributed by atoms with Crippen LogP contribution in [0, 0.1) is 12.8 Å². The number of hydrogen-bond acceptors (Lipinski definition) is 6. The number of ether oxygens (including phenoxy) is 1. The molecule has 1 saturated carbocycles. The number of aryl methyl sites for hydroxylation is 1. The second-order valence-corrected chi connectivity index (χ2v) is 12.4. The average molecular weight is 581 g/mol. The van der Waals surface area contributed by atoms with Crippen LogP contribution in [0.15, 0.2) is 54.7 Å². The highest BCUT2D eigenvalue weighted by Crippen LogP contribution is 2.35. The maximum atomic E-state index is 13.5. The summed E-state index contributed by atoms with van der Waals surface area (Å²) in [6.45, 7) is 2.68. The van der Waals surface area contributed by atoms with Crippen molar-refractivity contribution in [1.29, 1.82) is 0 Å². The largest absolute Gasteiger partial charge is 0.480 e. The Morgan fingerprint density at radius 2 is 1.93 bits per heavy atom. The summed E-state index contributed by atoms with van der Waals surface area (Å²) in [5.41, 5.74) is 4.14. The number of amides is 1. The molecule has 2 aromatic carbocycles. The van der Waals surface area contributed by atoms with Gasteiger partial charge >= 0.3 is 5.97 Å². The average Bonchev–Trinajstić information content (AvgIpc) is 3.50. The van der Waals surface area contributed by atoms with Gasteiger partial charge in [0.2, 0.25) is 0 Å². The zero-order valence-electron chi connectivity index (χ0n) is 23.4. The number of aromatic nitrogens is 1. The van der Waals surface area contributed by atoms with Gasteiger partial charge in [0.05, 0.1) is 4.88 Å². The molecule has 1 fully saturated rings. The van der Waals surface area contributed by atoms with E-state index in [0.717, 1.165) is 39.5 Å². The Morgan fingerprint density at radius 3 is 2.62 bits per heavy atom. The smallest absolute Gasteiger partial charge is 0.326 e. The molecule has 1 aliphatic carbocycles. The monoisotopic (exact) mass is 580 g/mol. The molecule has 1 amide bonds. The van der Waals surface area contributed by atoms with E-state index in [-0.39, 0.29) is 12.0 Å². The molecule has 3 aromatic rings. The van der Waals surface area contributed by atoms with E-state index in [2.05, 4.69) is 9.69 Å². The van der Waals surface area contributed by atoms with Crippen LogP contribution >= 0.6 is 23.3 Å². The molecule has 4 rings (SSSR count). The molecule has 0 spiro atoms. The van der Waals surface area contributed by atoms with E-state index in [1.165, 1.54) is 50.1 Å². The number of carboxylic acids is 1. The molecule has 1 aromatic heterocycles. The van der Waals surface area contributed by atoms with Gasteiger partial charge in [-0.25, -0.2) is 9.17 Å². The third-order valence-electron chi connectivity index (χ3n) is 7.72. The maximum absolute atomic E-state index is 13.5. The number of benzene rings is 2. The Kier molecular flexibility index (Phi) is 11.6. The molecule has 1 unspecified atom stereocenters. The lowest BCUT2D eigenvalue weighted by atomic mass is 9.86. The number of nitrogens with one attached hydrogen (secondary N) is 1. The molecular formula is C32H40N2O4S2. The van der Waals surface area contributed by atoms with Gasteiger partial charge in [-0.15, -0.1) is 0 Å². The van der Waals surface area contributed by atoms with E-state index in [9.17, 15) is 14.7 Å². The third-order valence-corrected chi connectivity index (χ3v) is 9.15.